The Bertz CT molecular complexity index is 1350. The van der Waals surface area contributed by atoms with Crippen LogP contribution in [0.1, 0.15) is 12.0 Å². The molecule has 37 heavy (non-hydrogen) atoms. The van der Waals surface area contributed by atoms with E-state index in [2.05, 4.69) is 5.32 Å². The van der Waals surface area contributed by atoms with Gasteiger partial charge in [-0.05, 0) is 54.1 Å². The summed E-state index contributed by atoms with van der Waals surface area (Å²) in [4.78, 5) is 12.6. The summed E-state index contributed by atoms with van der Waals surface area (Å²) in [6, 6.07) is 15.8. The minimum Gasteiger partial charge on any atom is -0.486 e. The number of carbonyl (C=O) groups is 1. The van der Waals surface area contributed by atoms with E-state index in [0.717, 1.165) is 10.4 Å². The van der Waals surface area contributed by atoms with Crippen LogP contribution in [0.25, 0.3) is 0 Å². The van der Waals surface area contributed by atoms with Crippen LogP contribution in [-0.2, 0) is 20.6 Å². The third-order valence-electron chi connectivity index (χ3n) is 5.49. The Morgan fingerprint density at radius 1 is 0.973 bits per heavy atom. The number of rotatable bonds is 11. The Hall–Kier alpha value is -3.31. The number of amides is 1. The number of sulfonamides is 1. The third-order valence-corrected chi connectivity index (χ3v) is 8.35. The van der Waals surface area contributed by atoms with E-state index in [-0.39, 0.29) is 28.8 Å². The Labute approximate surface area is 218 Å². The number of nitrogens with zero attached hydrogens (tertiary/aromatic N) is 1. The molecule has 0 radical (unpaired) electrons. The Kier molecular flexibility index (Phi) is 8.88. The van der Waals surface area contributed by atoms with E-state index in [4.69, 9.17) is 9.47 Å². The summed E-state index contributed by atoms with van der Waals surface area (Å²) in [7, 11) is -4.24. The maximum Gasteiger partial charge on any atom is 0.264 e. The molecule has 1 N–H and O–H groups in total. The molecule has 7 nitrogen and oxygen atoms in total. The van der Waals surface area contributed by atoms with Crippen LogP contribution in [0.4, 0.5) is 14.5 Å². The number of thioether (sulfide) groups is 1. The average molecular weight is 549 g/mol. The van der Waals surface area contributed by atoms with Crippen LogP contribution in [0.15, 0.2) is 71.6 Å². The number of hydrogen-bond donors (Lipinski definition) is 1. The Morgan fingerprint density at radius 2 is 1.76 bits per heavy atom. The van der Waals surface area contributed by atoms with Gasteiger partial charge in [0.1, 0.15) is 31.4 Å². The molecular formula is C26H26F2N2O5S2. The largest absolute Gasteiger partial charge is 0.486 e. The second kappa shape index (κ2) is 12.3. The molecule has 3 aromatic rings. The van der Waals surface area contributed by atoms with Gasteiger partial charge < -0.3 is 14.8 Å². The number of nitrogens with one attached hydrogen (secondary N) is 1. The van der Waals surface area contributed by atoms with Gasteiger partial charge in [0.15, 0.2) is 11.5 Å². The second-order valence-electron chi connectivity index (χ2n) is 8.14. The summed E-state index contributed by atoms with van der Waals surface area (Å²) in [6.07, 6.45) is 0.611. The molecule has 3 aromatic carbocycles. The number of benzene rings is 3. The number of hydrogen-bond acceptors (Lipinski definition) is 6. The second-order valence-corrected chi connectivity index (χ2v) is 11.1. The first-order valence-corrected chi connectivity index (χ1v) is 14.2. The van der Waals surface area contributed by atoms with Crippen molar-refractivity contribution in [3.8, 4) is 11.5 Å². The SMILES string of the molecule is O=C(CN(c1cccc(F)c1)S(=O)(=O)c1ccc2c(c1)OCCO2)NCCCSCc1ccccc1F. The fourth-order valence-corrected chi connectivity index (χ4v) is 6.02. The lowest BCUT2D eigenvalue weighted by Crippen LogP contribution is -2.41. The molecule has 1 heterocycles. The van der Waals surface area contributed by atoms with Crippen molar-refractivity contribution in [2.45, 2.75) is 17.1 Å². The van der Waals surface area contributed by atoms with Crippen LogP contribution in [0.5, 0.6) is 11.5 Å². The molecule has 0 spiro atoms. The van der Waals surface area contributed by atoms with E-state index in [1.807, 2.05) is 0 Å². The van der Waals surface area contributed by atoms with Crippen LogP contribution in [0, 0.1) is 11.6 Å². The first-order valence-electron chi connectivity index (χ1n) is 11.6. The van der Waals surface area contributed by atoms with Gasteiger partial charge in [-0.3, -0.25) is 9.10 Å². The molecule has 1 amide bonds. The van der Waals surface area contributed by atoms with Crippen LogP contribution in [-0.4, -0.2) is 46.4 Å². The fraction of sp³-hybridized carbons (Fsp3) is 0.269. The zero-order chi connectivity index (χ0) is 26.3. The molecule has 0 aliphatic carbocycles. The summed E-state index contributed by atoms with van der Waals surface area (Å²) in [5, 5.41) is 2.71. The lowest BCUT2D eigenvalue weighted by atomic mass is 10.2. The van der Waals surface area contributed by atoms with E-state index >= 15 is 0 Å². The van der Waals surface area contributed by atoms with Crippen molar-refractivity contribution >= 4 is 33.4 Å². The number of anilines is 1. The van der Waals surface area contributed by atoms with Gasteiger partial charge in [-0.15, -0.1) is 0 Å². The summed E-state index contributed by atoms with van der Waals surface area (Å²) < 4.78 is 66.5. The minimum atomic E-state index is -4.24. The lowest BCUT2D eigenvalue weighted by Gasteiger charge is -2.25. The predicted octanol–water partition coefficient (Wildman–Crippen LogP) is 4.37. The molecule has 4 rings (SSSR count). The lowest BCUT2D eigenvalue weighted by molar-refractivity contribution is -0.119. The molecule has 1 aliphatic rings. The number of carbonyl (C=O) groups excluding carboxylic acids is 1. The number of fused-ring (bicyclic) bond motifs is 1. The zero-order valence-electron chi connectivity index (χ0n) is 19.9. The molecular weight excluding hydrogens is 522 g/mol. The average Bonchev–Trinajstić information content (AvgIpc) is 2.89. The van der Waals surface area contributed by atoms with Gasteiger partial charge in [-0.25, -0.2) is 17.2 Å². The van der Waals surface area contributed by atoms with Gasteiger partial charge >= 0.3 is 0 Å². The van der Waals surface area contributed by atoms with E-state index < -0.39 is 28.3 Å². The van der Waals surface area contributed by atoms with Gasteiger partial charge in [-0.1, -0.05) is 24.3 Å². The highest BCUT2D eigenvalue weighted by molar-refractivity contribution is 7.98. The normalized spacial score (nSPS) is 12.7. The van der Waals surface area contributed by atoms with E-state index in [1.165, 1.54) is 54.2 Å². The highest BCUT2D eigenvalue weighted by Gasteiger charge is 2.29. The van der Waals surface area contributed by atoms with Gasteiger partial charge in [0, 0.05) is 18.4 Å². The van der Waals surface area contributed by atoms with Gasteiger partial charge in [0.2, 0.25) is 5.91 Å². The number of halogens is 2. The monoisotopic (exact) mass is 548 g/mol. The molecule has 0 saturated carbocycles. The van der Waals surface area contributed by atoms with Crippen molar-refractivity contribution in [2.24, 2.45) is 0 Å². The van der Waals surface area contributed by atoms with Crippen molar-refractivity contribution in [1.82, 2.24) is 5.32 Å². The molecule has 0 bridgehead atoms. The fourth-order valence-electron chi connectivity index (χ4n) is 3.64. The third kappa shape index (κ3) is 6.92. The summed E-state index contributed by atoms with van der Waals surface area (Å²) in [6.45, 7) is 0.411. The zero-order valence-corrected chi connectivity index (χ0v) is 21.5. The quantitative estimate of drug-likeness (QED) is 0.358. The van der Waals surface area contributed by atoms with Crippen molar-refractivity contribution in [2.75, 3.05) is 36.4 Å². The van der Waals surface area contributed by atoms with Crippen LogP contribution >= 0.6 is 11.8 Å². The van der Waals surface area contributed by atoms with Crippen molar-refractivity contribution in [3.63, 3.8) is 0 Å². The molecule has 0 saturated heterocycles. The van der Waals surface area contributed by atoms with Gasteiger partial charge in [0.25, 0.3) is 10.0 Å². The van der Waals surface area contributed by atoms with E-state index in [1.54, 1.807) is 18.2 Å². The van der Waals surface area contributed by atoms with Crippen molar-refractivity contribution < 1.29 is 31.5 Å². The van der Waals surface area contributed by atoms with E-state index in [9.17, 15) is 22.0 Å². The molecule has 0 unspecified atom stereocenters. The first-order chi connectivity index (χ1) is 17.8. The molecule has 0 fully saturated rings. The highest BCUT2D eigenvalue weighted by atomic mass is 32.2. The first kappa shape index (κ1) is 26.7. The Balaban J connectivity index is 1.39. The highest BCUT2D eigenvalue weighted by Crippen LogP contribution is 2.34. The van der Waals surface area contributed by atoms with Crippen LogP contribution in [0.2, 0.25) is 0 Å². The van der Waals surface area contributed by atoms with E-state index in [0.29, 0.717) is 42.4 Å². The summed E-state index contributed by atoms with van der Waals surface area (Å²) >= 11 is 1.54. The topological polar surface area (TPSA) is 84.9 Å². The molecule has 196 valence electrons. The van der Waals surface area contributed by atoms with Crippen LogP contribution < -0.4 is 19.1 Å². The molecule has 0 atom stereocenters. The number of ether oxygens (including phenoxy) is 2. The minimum absolute atomic E-state index is 0.0190. The molecule has 0 aromatic heterocycles. The Morgan fingerprint density at radius 3 is 2.54 bits per heavy atom. The van der Waals surface area contributed by atoms with Crippen molar-refractivity contribution in [3.05, 3.63) is 83.9 Å². The van der Waals surface area contributed by atoms with Crippen LogP contribution in [0.3, 0.4) is 0 Å². The van der Waals surface area contributed by atoms with Crippen molar-refractivity contribution in [1.29, 1.82) is 0 Å². The summed E-state index contributed by atoms with van der Waals surface area (Å²) in [5.41, 5.74) is 0.636. The maximum absolute atomic E-state index is 14.0. The summed E-state index contributed by atoms with van der Waals surface area (Å²) in [5.74, 6) is 0.480. The molecule has 1 aliphatic heterocycles. The smallest absolute Gasteiger partial charge is 0.264 e. The van der Waals surface area contributed by atoms with Gasteiger partial charge in [0.05, 0.1) is 10.6 Å². The van der Waals surface area contributed by atoms with Gasteiger partial charge in [-0.2, -0.15) is 11.8 Å². The maximum atomic E-state index is 14.0. The molecule has 11 heteroatoms. The predicted molar refractivity (Wildman–Crippen MR) is 139 cm³/mol. The standard InChI is InChI=1S/C26H26F2N2O5S2/c27-20-6-3-7-21(15-20)30(37(32,33)22-9-10-24-25(16-22)35-13-12-34-24)17-26(31)29-11-4-14-36-18-19-5-1-2-8-23(19)28/h1-3,5-10,15-16H,4,11-14,17-18H2,(H,29,31).